The number of anilines is 2. The highest BCUT2D eigenvalue weighted by Crippen LogP contribution is 2.29. The van der Waals surface area contributed by atoms with Gasteiger partial charge in [-0.1, -0.05) is 18.5 Å². The summed E-state index contributed by atoms with van der Waals surface area (Å²) in [5.41, 5.74) is 1.34. The topological polar surface area (TPSA) is 79.9 Å². The van der Waals surface area contributed by atoms with E-state index in [-0.39, 0.29) is 23.8 Å². The second-order valence-corrected chi connectivity index (χ2v) is 8.08. The van der Waals surface area contributed by atoms with Gasteiger partial charge in [-0.25, -0.2) is 4.79 Å². The van der Waals surface area contributed by atoms with Gasteiger partial charge < -0.3 is 25.0 Å². The smallest absolute Gasteiger partial charge is 0.321 e. The predicted octanol–water partition coefficient (Wildman–Crippen LogP) is 4.88. The Morgan fingerprint density at radius 3 is 2.10 bits per heavy atom. The number of carbonyl (C=O) groups is 2. The van der Waals surface area contributed by atoms with Crippen molar-refractivity contribution in [2.24, 2.45) is 11.8 Å². The van der Waals surface area contributed by atoms with Gasteiger partial charge in [0.1, 0.15) is 11.5 Å². The van der Waals surface area contributed by atoms with Gasteiger partial charge in [0.05, 0.1) is 14.2 Å². The second kappa shape index (κ2) is 10.4. The number of likely N-dealkylation sites (tertiary alicyclic amines) is 1. The van der Waals surface area contributed by atoms with E-state index in [1.807, 2.05) is 6.92 Å². The van der Waals surface area contributed by atoms with E-state index >= 15 is 0 Å². The van der Waals surface area contributed by atoms with Crippen molar-refractivity contribution in [3.05, 3.63) is 47.5 Å². The Bertz CT molecular complexity index is 889. The summed E-state index contributed by atoms with van der Waals surface area (Å²) in [4.78, 5) is 27.1. The number of urea groups is 1. The third-order valence-corrected chi connectivity index (χ3v) is 5.91. The molecule has 0 aromatic heterocycles. The number of benzene rings is 2. The molecule has 1 fully saturated rings. The molecular weight excluding hydrogens is 418 g/mol. The third kappa shape index (κ3) is 6.04. The van der Waals surface area contributed by atoms with Gasteiger partial charge in [-0.15, -0.1) is 0 Å². The Morgan fingerprint density at radius 2 is 1.55 bits per heavy atom. The van der Waals surface area contributed by atoms with Gasteiger partial charge in [0, 0.05) is 53.6 Å². The number of piperidine rings is 1. The molecule has 7 nitrogen and oxygen atoms in total. The fourth-order valence-electron chi connectivity index (χ4n) is 3.69. The molecule has 3 amide bonds. The van der Waals surface area contributed by atoms with E-state index < -0.39 is 0 Å². The van der Waals surface area contributed by atoms with Crippen molar-refractivity contribution in [3.63, 3.8) is 0 Å². The molecule has 166 valence electrons. The maximum Gasteiger partial charge on any atom is 0.321 e. The number of nitrogens with one attached hydrogen (secondary N) is 2. The zero-order chi connectivity index (χ0) is 22.4. The van der Waals surface area contributed by atoms with E-state index in [9.17, 15) is 9.59 Å². The summed E-state index contributed by atoms with van der Waals surface area (Å²) in [6.07, 6.45) is 1.54. The van der Waals surface area contributed by atoms with Crippen LogP contribution in [-0.4, -0.2) is 44.1 Å². The molecule has 1 aliphatic rings. The molecule has 8 heteroatoms. The van der Waals surface area contributed by atoms with E-state index in [4.69, 9.17) is 21.1 Å². The van der Waals surface area contributed by atoms with E-state index in [1.54, 1.807) is 61.6 Å². The van der Waals surface area contributed by atoms with Gasteiger partial charge >= 0.3 is 6.03 Å². The van der Waals surface area contributed by atoms with Gasteiger partial charge in [-0.05, 0) is 43.0 Å². The molecule has 31 heavy (non-hydrogen) atoms. The van der Waals surface area contributed by atoms with Crippen molar-refractivity contribution in [1.82, 2.24) is 4.90 Å². The molecule has 0 spiro atoms. The molecular formula is C23H28ClN3O4. The lowest BCUT2D eigenvalue weighted by molar-refractivity contribution is -0.121. The van der Waals surface area contributed by atoms with Crippen LogP contribution >= 0.6 is 11.6 Å². The SMILES string of the molecule is COc1cc(NC(=O)[C@H](C)C2CCN(C(=O)Nc3ccc(Cl)cc3)CC2)cc(OC)c1. The summed E-state index contributed by atoms with van der Waals surface area (Å²) in [7, 11) is 3.14. The van der Waals surface area contributed by atoms with Gasteiger partial charge in [0.15, 0.2) is 0 Å². The largest absolute Gasteiger partial charge is 0.497 e. The number of ether oxygens (including phenoxy) is 2. The van der Waals surface area contributed by atoms with Crippen LogP contribution in [0.3, 0.4) is 0 Å². The van der Waals surface area contributed by atoms with E-state index in [0.717, 1.165) is 12.8 Å². The first-order valence-corrected chi connectivity index (χ1v) is 10.6. The van der Waals surface area contributed by atoms with Crippen molar-refractivity contribution >= 4 is 34.9 Å². The fraction of sp³-hybridized carbons (Fsp3) is 0.391. The molecule has 1 heterocycles. The Hall–Kier alpha value is -2.93. The molecule has 0 saturated carbocycles. The fourth-order valence-corrected chi connectivity index (χ4v) is 3.81. The van der Waals surface area contributed by atoms with Crippen LogP contribution in [0.5, 0.6) is 11.5 Å². The summed E-state index contributed by atoms with van der Waals surface area (Å²) >= 11 is 5.88. The molecule has 2 aromatic carbocycles. The lowest BCUT2D eigenvalue weighted by atomic mass is 9.85. The van der Waals surface area contributed by atoms with E-state index in [2.05, 4.69) is 10.6 Å². The van der Waals surface area contributed by atoms with Crippen molar-refractivity contribution in [2.75, 3.05) is 37.9 Å². The predicted molar refractivity (Wildman–Crippen MR) is 122 cm³/mol. The monoisotopic (exact) mass is 445 g/mol. The van der Waals surface area contributed by atoms with Crippen molar-refractivity contribution < 1.29 is 19.1 Å². The molecule has 0 aliphatic carbocycles. The van der Waals surface area contributed by atoms with Crippen LogP contribution in [0.1, 0.15) is 19.8 Å². The summed E-state index contributed by atoms with van der Waals surface area (Å²) < 4.78 is 10.5. The first kappa shape index (κ1) is 22.7. The number of hydrogen-bond acceptors (Lipinski definition) is 4. The van der Waals surface area contributed by atoms with Gasteiger partial charge in [0.25, 0.3) is 0 Å². The van der Waals surface area contributed by atoms with Crippen LogP contribution in [0.15, 0.2) is 42.5 Å². The highest BCUT2D eigenvalue weighted by Gasteiger charge is 2.30. The van der Waals surface area contributed by atoms with Crippen molar-refractivity contribution in [2.45, 2.75) is 19.8 Å². The minimum absolute atomic E-state index is 0.0561. The molecule has 1 atom stereocenters. The van der Waals surface area contributed by atoms with Gasteiger partial charge in [-0.2, -0.15) is 0 Å². The van der Waals surface area contributed by atoms with Crippen LogP contribution in [-0.2, 0) is 4.79 Å². The zero-order valence-corrected chi connectivity index (χ0v) is 18.7. The Morgan fingerprint density at radius 1 is 0.968 bits per heavy atom. The number of carbonyl (C=O) groups excluding carboxylic acids is 2. The first-order valence-electron chi connectivity index (χ1n) is 10.2. The lowest BCUT2D eigenvalue weighted by Crippen LogP contribution is -2.43. The quantitative estimate of drug-likeness (QED) is 0.664. The van der Waals surface area contributed by atoms with E-state index in [0.29, 0.717) is 41.0 Å². The van der Waals surface area contributed by atoms with Crippen LogP contribution in [0.4, 0.5) is 16.2 Å². The minimum Gasteiger partial charge on any atom is -0.497 e. The summed E-state index contributed by atoms with van der Waals surface area (Å²) in [6.45, 7) is 3.14. The Kier molecular flexibility index (Phi) is 7.63. The molecule has 0 unspecified atom stereocenters. The van der Waals surface area contributed by atoms with Crippen LogP contribution in [0, 0.1) is 11.8 Å². The summed E-state index contributed by atoms with van der Waals surface area (Å²) in [5.74, 6) is 1.19. The van der Waals surface area contributed by atoms with E-state index in [1.165, 1.54) is 0 Å². The number of methoxy groups -OCH3 is 2. The average Bonchev–Trinajstić information content (AvgIpc) is 2.79. The van der Waals surface area contributed by atoms with Crippen LogP contribution in [0.2, 0.25) is 5.02 Å². The second-order valence-electron chi connectivity index (χ2n) is 7.64. The normalized spacial score (nSPS) is 15.2. The zero-order valence-electron chi connectivity index (χ0n) is 18.0. The standard InChI is InChI=1S/C23H28ClN3O4/c1-15(22(28)25-19-12-20(30-2)14-21(13-19)31-3)16-8-10-27(11-9-16)23(29)26-18-6-4-17(24)5-7-18/h4-7,12-16H,8-11H2,1-3H3,(H,25,28)(H,26,29)/t15-/m1/s1. The van der Waals surface area contributed by atoms with Crippen LogP contribution in [0.25, 0.3) is 0 Å². The van der Waals surface area contributed by atoms with Crippen molar-refractivity contribution in [1.29, 1.82) is 0 Å². The van der Waals surface area contributed by atoms with Crippen molar-refractivity contribution in [3.8, 4) is 11.5 Å². The molecule has 0 bridgehead atoms. The highest BCUT2D eigenvalue weighted by atomic mass is 35.5. The summed E-state index contributed by atoms with van der Waals surface area (Å²) in [5, 5.41) is 6.47. The maximum atomic E-state index is 12.8. The molecule has 2 N–H and O–H groups in total. The Balaban J connectivity index is 1.52. The molecule has 2 aromatic rings. The minimum atomic E-state index is -0.182. The summed E-state index contributed by atoms with van der Waals surface area (Å²) in [6, 6.07) is 12.2. The van der Waals surface area contributed by atoms with Gasteiger partial charge in [0.2, 0.25) is 5.91 Å². The first-order chi connectivity index (χ1) is 14.9. The number of halogens is 1. The number of amides is 3. The Labute approximate surface area is 187 Å². The third-order valence-electron chi connectivity index (χ3n) is 5.66. The molecule has 1 saturated heterocycles. The maximum absolute atomic E-state index is 12.8. The number of rotatable bonds is 6. The highest BCUT2D eigenvalue weighted by molar-refractivity contribution is 6.30. The number of nitrogens with zero attached hydrogens (tertiary/aromatic N) is 1. The molecule has 0 radical (unpaired) electrons. The molecule has 1 aliphatic heterocycles. The van der Waals surface area contributed by atoms with Crippen LogP contribution < -0.4 is 20.1 Å². The average molecular weight is 446 g/mol. The lowest BCUT2D eigenvalue weighted by Gasteiger charge is -2.34. The number of hydrogen-bond donors (Lipinski definition) is 2. The molecule has 3 rings (SSSR count). The van der Waals surface area contributed by atoms with Gasteiger partial charge in [-0.3, -0.25) is 4.79 Å².